The van der Waals surface area contributed by atoms with E-state index in [1.807, 2.05) is 24.3 Å². The molecule has 21 heavy (non-hydrogen) atoms. The molecule has 1 aromatic heterocycles. The number of anilines is 2. The van der Waals surface area contributed by atoms with Crippen molar-refractivity contribution in [2.24, 2.45) is 5.73 Å². The topological polar surface area (TPSA) is 109 Å². The van der Waals surface area contributed by atoms with E-state index in [0.717, 1.165) is 5.56 Å². The van der Waals surface area contributed by atoms with Crippen LogP contribution in [0.4, 0.5) is 11.4 Å². The molecule has 1 amide bonds. The van der Waals surface area contributed by atoms with Gasteiger partial charge in [0.2, 0.25) is 5.91 Å². The quantitative estimate of drug-likeness (QED) is 0.795. The molecule has 0 unspecified atom stereocenters. The predicted molar refractivity (Wildman–Crippen MR) is 80.1 cm³/mol. The first kappa shape index (κ1) is 14.3. The van der Waals surface area contributed by atoms with Crippen molar-refractivity contribution in [3.8, 4) is 6.07 Å². The molecule has 1 aromatic carbocycles. The number of benzene rings is 1. The number of hydrogen-bond acceptors (Lipinski definition) is 5. The number of nitriles is 1. The van der Waals surface area contributed by atoms with E-state index in [-0.39, 0.29) is 12.2 Å². The first-order chi connectivity index (χ1) is 10.1. The summed E-state index contributed by atoms with van der Waals surface area (Å²) in [6.07, 6.45) is 1.53. The number of nitrogens with two attached hydrogens (primary N) is 2. The molecule has 4 N–H and O–H groups in total. The minimum absolute atomic E-state index is 0.0191. The van der Waals surface area contributed by atoms with Gasteiger partial charge in [-0.3, -0.25) is 4.79 Å². The molecule has 106 valence electrons. The SMILES string of the molecule is N#Cc1ncccc1N(CC(N)=O)Cc1ccccc1N. The molecular weight excluding hydrogens is 266 g/mol. The van der Waals surface area contributed by atoms with Crippen LogP contribution < -0.4 is 16.4 Å². The number of carbonyl (C=O) groups excluding carboxylic acids is 1. The number of carbonyl (C=O) groups is 1. The Morgan fingerprint density at radius 3 is 2.71 bits per heavy atom. The van der Waals surface area contributed by atoms with Crippen molar-refractivity contribution < 1.29 is 4.79 Å². The second-order valence-electron chi connectivity index (χ2n) is 4.50. The number of aromatic nitrogens is 1. The van der Waals surface area contributed by atoms with Crippen LogP contribution in [0.3, 0.4) is 0 Å². The Labute approximate surface area is 122 Å². The maximum Gasteiger partial charge on any atom is 0.236 e. The predicted octanol–water partition coefficient (Wildman–Crippen LogP) is 1.03. The lowest BCUT2D eigenvalue weighted by atomic mass is 10.1. The van der Waals surface area contributed by atoms with E-state index in [0.29, 0.717) is 17.9 Å². The highest BCUT2D eigenvalue weighted by Crippen LogP contribution is 2.22. The maximum absolute atomic E-state index is 11.3. The summed E-state index contributed by atoms with van der Waals surface area (Å²) in [5.74, 6) is -0.489. The highest BCUT2D eigenvalue weighted by molar-refractivity contribution is 5.80. The largest absolute Gasteiger partial charge is 0.398 e. The van der Waals surface area contributed by atoms with Gasteiger partial charge in [-0.1, -0.05) is 18.2 Å². The third-order valence-electron chi connectivity index (χ3n) is 3.00. The van der Waals surface area contributed by atoms with Crippen LogP contribution in [0.1, 0.15) is 11.3 Å². The number of amides is 1. The smallest absolute Gasteiger partial charge is 0.236 e. The van der Waals surface area contributed by atoms with Crippen LogP contribution >= 0.6 is 0 Å². The molecule has 0 bridgehead atoms. The molecule has 0 spiro atoms. The van der Waals surface area contributed by atoms with Gasteiger partial charge in [0.15, 0.2) is 5.69 Å². The van der Waals surface area contributed by atoms with E-state index < -0.39 is 5.91 Å². The Balaban J connectivity index is 2.37. The van der Waals surface area contributed by atoms with Gasteiger partial charge in [0.05, 0.1) is 12.2 Å². The third-order valence-corrected chi connectivity index (χ3v) is 3.00. The summed E-state index contributed by atoms with van der Waals surface area (Å²) in [6.45, 7) is 0.352. The zero-order valence-electron chi connectivity index (χ0n) is 11.4. The summed E-state index contributed by atoms with van der Waals surface area (Å²) >= 11 is 0. The second-order valence-corrected chi connectivity index (χ2v) is 4.50. The summed E-state index contributed by atoms with van der Waals surface area (Å²) in [7, 11) is 0. The Bertz CT molecular complexity index is 692. The fraction of sp³-hybridized carbons (Fsp3) is 0.133. The highest BCUT2D eigenvalue weighted by Gasteiger charge is 2.15. The van der Waals surface area contributed by atoms with E-state index in [1.54, 1.807) is 23.1 Å². The molecule has 6 heteroatoms. The van der Waals surface area contributed by atoms with Gasteiger partial charge in [-0.2, -0.15) is 5.26 Å². The van der Waals surface area contributed by atoms with Crippen molar-refractivity contribution in [2.75, 3.05) is 17.2 Å². The summed E-state index contributed by atoms with van der Waals surface area (Å²) < 4.78 is 0. The zero-order valence-corrected chi connectivity index (χ0v) is 11.4. The number of nitrogens with zero attached hydrogens (tertiary/aromatic N) is 3. The van der Waals surface area contributed by atoms with E-state index in [1.165, 1.54) is 6.20 Å². The monoisotopic (exact) mass is 281 g/mol. The molecule has 0 aliphatic heterocycles. The third kappa shape index (κ3) is 3.48. The highest BCUT2D eigenvalue weighted by atomic mass is 16.1. The van der Waals surface area contributed by atoms with Crippen LogP contribution in [-0.2, 0) is 11.3 Å². The van der Waals surface area contributed by atoms with Crippen LogP contribution in [-0.4, -0.2) is 17.4 Å². The van der Waals surface area contributed by atoms with Crippen molar-refractivity contribution in [3.05, 3.63) is 53.9 Å². The average Bonchev–Trinajstić information content (AvgIpc) is 2.48. The molecule has 2 aromatic rings. The molecule has 1 heterocycles. The first-order valence-electron chi connectivity index (χ1n) is 6.33. The van der Waals surface area contributed by atoms with Crippen LogP contribution in [0, 0.1) is 11.3 Å². The fourth-order valence-corrected chi connectivity index (χ4v) is 2.04. The number of para-hydroxylation sites is 1. The molecule has 0 saturated heterocycles. The minimum Gasteiger partial charge on any atom is -0.398 e. The molecule has 6 nitrogen and oxygen atoms in total. The van der Waals surface area contributed by atoms with Crippen LogP contribution in [0.5, 0.6) is 0 Å². The van der Waals surface area contributed by atoms with Crippen molar-refractivity contribution in [2.45, 2.75) is 6.54 Å². The van der Waals surface area contributed by atoms with Crippen LogP contribution in [0.2, 0.25) is 0 Å². The van der Waals surface area contributed by atoms with E-state index in [4.69, 9.17) is 16.7 Å². The van der Waals surface area contributed by atoms with Gasteiger partial charge < -0.3 is 16.4 Å². The minimum atomic E-state index is -0.489. The first-order valence-corrected chi connectivity index (χ1v) is 6.33. The number of rotatable bonds is 5. The Hall–Kier alpha value is -3.07. The molecule has 0 atom stereocenters. The molecule has 0 fully saturated rings. The average molecular weight is 281 g/mol. The zero-order chi connectivity index (χ0) is 15.2. The van der Waals surface area contributed by atoms with Gasteiger partial charge >= 0.3 is 0 Å². The van der Waals surface area contributed by atoms with Gasteiger partial charge in [-0.15, -0.1) is 0 Å². The normalized spacial score (nSPS) is 9.86. The second kappa shape index (κ2) is 6.39. The lowest BCUT2D eigenvalue weighted by Crippen LogP contribution is -2.34. The number of pyridine rings is 1. The maximum atomic E-state index is 11.3. The van der Waals surface area contributed by atoms with Crippen molar-refractivity contribution >= 4 is 17.3 Å². The van der Waals surface area contributed by atoms with Gasteiger partial charge in [0, 0.05) is 18.4 Å². The lowest BCUT2D eigenvalue weighted by Gasteiger charge is -2.24. The van der Waals surface area contributed by atoms with E-state index in [2.05, 4.69) is 4.98 Å². The Kier molecular flexibility index (Phi) is 4.36. The molecule has 0 radical (unpaired) electrons. The van der Waals surface area contributed by atoms with Crippen LogP contribution in [0.15, 0.2) is 42.6 Å². The summed E-state index contributed by atoms with van der Waals surface area (Å²) in [6, 6.07) is 12.8. The molecule has 0 aliphatic carbocycles. The number of hydrogen-bond donors (Lipinski definition) is 2. The Morgan fingerprint density at radius 2 is 2.05 bits per heavy atom. The molecule has 2 rings (SSSR count). The summed E-state index contributed by atoms with van der Waals surface area (Å²) in [4.78, 5) is 17.0. The van der Waals surface area contributed by atoms with Gasteiger partial charge in [0.1, 0.15) is 6.07 Å². The molecular formula is C15H15N5O. The van der Waals surface area contributed by atoms with Gasteiger partial charge in [0.25, 0.3) is 0 Å². The van der Waals surface area contributed by atoms with Crippen LogP contribution in [0.25, 0.3) is 0 Å². The Morgan fingerprint density at radius 1 is 1.29 bits per heavy atom. The van der Waals surface area contributed by atoms with Gasteiger partial charge in [-0.25, -0.2) is 4.98 Å². The molecule has 0 aliphatic rings. The standard InChI is InChI=1S/C15H15N5O/c16-8-13-14(6-3-7-19-13)20(10-15(18)21)9-11-4-1-2-5-12(11)17/h1-7H,9-10,17H2,(H2,18,21). The lowest BCUT2D eigenvalue weighted by molar-refractivity contribution is -0.116. The van der Waals surface area contributed by atoms with E-state index in [9.17, 15) is 4.79 Å². The van der Waals surface area contributed by atoms with Gasteiger partial charge in [-0.05, 0) is 23.8 Å². The van der Waals surface area contributed by atoms with Crippen molar-refractivity contribution in [3.63, 3.8) is 0 Å². The van der Waals surface area contributed by atoms with Crippen molar-refractivity contribution in [1.29, 1.82) is 5.26 Å². The van der Waals surface area contributed by atoms with Crippen molar-refractivity contribution in [1.82, 2.24) is 4.98 Å². The number of primary amides is 1. The van der Waals surface area contributed by atoms with E-state index >= 15 is 0 Å². The number of nitrogen functional groups attached to an aromatic ring is 1. The summed E-state index contributed by atoms with van der Waals surface area (Å²) in [5, 5.41) is 9.14. The fourth-order valence-electron chi connectivity index (χ4n) is 2.04. The summed E-state index contributed by atoms with van der Waals surface area (Å²) in [5.41, 5.74) is 13.5. The molecule has 0 saturated carbocycles.